The van der Waals surface area contributed by atoms with Gasteiger partial charge in [-0.1, -0.05) is 64.1 Å². The van der Waals surface area contributed by atoms with Crippen LogP contribution < -0.4 is 9.47 Å². The highest BCUT2D eigenvalue weighted by molar-refractivity contribution is 6.73. The fourth-order valence-corrected chi connectivity index (χ4v) is 8.76. The molecular weight excluding hydrogens is 566 g/mol. The smallest absolute Gasteiger partial charge is 0.417 e. The van der Waals surface area contributed by atoms with E-state index in [4.69, 9.17) is 23.4 Å². The Morgan fingerprint density at radius 3 is 2.26 bits per heavy atom. The van der Waals surface area contributed by atoms with Crippen LogP contribution >= 0.6 is 0 Å². The van der Waals surface area contributed by atoms with Crippen LogP contribution in [0.5, 0.6) is 11.5 Å². The largest absolute Gasteiger partial charge is 0.493 e. The van der Waals surface area contributed by atoms with Gasteiger partial charge in [-0.3, -0.25) is 4.79 Å². The summed E-state index contributed by atoms with van der Waals surface area (Å²) < 4.78 is 28.9. The van der Waals surface area contributed by atoms with E-state index in [2.05, 4.69) is 20.8 Å². The van der Waals surface area contributed by atoms with E-state index in [1.54, 1.807) is 32.4 Å². The van der Waals surface area contributed by atoms with Gasteiger partial charge in [0.25, 0.3) is 5.91 Å². The summed E-state index contributed by atoms with van der Waals surface area (Å²) in [5.74, 6) is 0.123. The van der Waals surface area contributed by atoms with Crippen molar-refractivity contribution in [2.24, 2.45) is 5.92 Å². The van der Waals surface area contributed by atoms with Gasteiger partial charge in [-0.2, -0.15) is 0 Å². The van der Waals surface area contributed by atoms with Crippen LogP contribution in [0, 0.1) is 5.92 Å². The molecule has 5 atom stereocenters. The number of amides is 2. The van der Waals surface area contributed by atoms with Gasteiger partial charge >= 0.3 is 6.09 Å². The number of aliphatic hydroxyl groups excluding tert-OH is 1. The first-order chi connectivity index (χ1) is 20.6. The number of carbonyl (C=O) groups excluding carboxylic acids is 2. The minimum Gasteiger partial charge on any atom is -0.493 e. The minimum absolute atomic E-state index is 0.0103. The number of imide groups is 1. The molecule has 0 spiro atoms. The predicted molar refractivity (Wildman–Crippen MR) is 168 cm³/mol. The van der Waals surface area contributed by atoms with E-state index in [0.29, 0.717) is 24.3 Å². The zero-order chi connectivity index (χ0) is 31.6. The second-order valence-electron chi connectivity index (χ2n) is 11.4. The normalized spacial score (nSPS) is 18.1. The lowest BCUT2D eigenvalue weighted by atomic mass is 9.93. The van der Waals surface area contributed by atoms with Crippen LogP contribution in [0.4, 0.5) is 4.79 Å². The predicted octanol–water partition coefficient (Wildman–Crippen LogP) is 5.98. The zero-order valence-electron chi connectivity index (χ0n) is 26.7. The molecule has 0 saturated carbocycles. The molecule has 1 saturated heterocycles. The summed E-state index contributed by atoms with van der Waals surface area (Å²) in [5, 5.41) is 11.6. The van der Waals surface area contributed by atoms with Crippen LogP contribution in [-0.4, -0.2) is 75.5 Å². The van der Waals surface area contributed by atoms with Gasteiger partial charge < -0.3 is 28.5 Å². The molecule has 0 aromatic heterocycles. The first-order valence-corrected chi connectivity index (χ1v) is 17.9. The standard InChI is InChI=1S/C33H49NO8Si/c1-8-43(9-2,10-3)42-24(5)18-23(4)30(35)31(40-21-26-16-17-28(38-6)29(20-26)39-7)32(36)34-27(22-41-33(34)37)19-25-14-12-11-13-15-25/h11-17,20,23-24,27,30-31,35H,8-10,18-19,21-22H2,1-7H3/t23-,24-,27-,30+,31-/m1/s1. The lowest BCUT2D eigenvalue weighted by molar-refractivity contribution is -0.154. The topological polar surface area (TPSA) is 104 Å². The number of hydrogen-bond donors (Lipinski definition) is 1. The molecule has 1 aliphatic rings. The van der Waals surface area contributed by atoms with Crippen LogP contribution in [0.15, 0.2) is 48.5 Å². The Kier molecular flexibility index (Phi) is 13.0. The van der Waals surface area contributed by atoms with Crippen molar-refractivity contribution < 1.29 is 38.1 Å². The van der Waals surface area contributed by atoms with E-state index < -0.39 is 38.6 Å². The Morgan fingerprint density at radius 1 is 1.00 bits per heavy atom. The Morgan fingerprint density at radius 2 is 1.65 bits per heavy atom. The van der Waals surface area contributed by atoms with E-state index in [0.717, 1.165) is 34.2 Å². The maximum atomic E-state index is 14.1. The number of nitrogens with zero attached hydrogens (tertiary/aromatic N) is 1. The summed E-state index contributed by atoms with van der Waals surface area (Å²) in [7, 11) is 1.24. The number of methoxy groups -OCH3 is 2. The number of aliphatic hydroxyl groups is 1. The van der Waals surface area contributed by atoms with E-state index >= 15 is 0 Å². The van der Waals surface area contributed by atoms with Crippen LogP contribution in [0.1, 0.15) is 52.2 Å². The van der Waals surface area contributed by atoms with Crippen LogP contribution in [0.3, 0.4) is 0 Å². The maximum Gasteiger partial charge on any atom is 0.417 e. The number of ether oxygens (including phenoxy) is 4. The average Bonchev–Trinajstić information content (AvgIpc) is 3.39. The molecule has 1 N–H and O–H groups in total. The first kappa shape index (κ1) is 34.6. The summed E-state index contributed by atoms with van der Waals surface area (Å²) in [4.78, 5) is 28.1. The van der Waals surface area contributed by atoms with Crippen LogP contribution in [0.2, 0.25) is 18.1 Å². The molecule has 0 radical (unpaired) electrons. The highest BCUT2D eigenvalue weighted by atomic mass is 28.4. The molecule has 2 aromatic rings. The third kappa shape index (κ3) is 8.81. The van der Waals surface area contributed by atoms with Crippen molar-refractivity contribution in [3.8, 4) is 11.5 Å². The van der Waals surface area contributed by atoms with Gasteiger partial charge in [-0.15, -0.1) is 0 Å². The van der Waals surface area contributed by atoms with E-state index in [9.17, 15) is 14.7 Å². The van der Waals surface area contributed by atoms with Crippen molar-refractivity contribution in [3.63, 3.8) is 0 Å². The third-order valence-electron chi connectivity index (χ3n) is 8.61. The molecule has 0 aliphatic carbocycles. The second kappa shape index (κ2) is 16.2. The molecule has 2 amide bonds. The maximum absolute atomic E-state index is 14.1. The molecule has 1 heterocycles. The van der Waals surface area contributed by atoms with Crippen molar-refractivity contribution in [2.45, 2.75) is 96.6 Å². The lowest BCUT2D eigenvalue weighted by Gasteiger charge is -2.35. The number of rotatable bonds is 17. The molecular formula is C33H49NO8Si. The molecule has 10 heteroatoms. The molecule has 0 bridgehead atoms. The third-order valence-corrected chi connectivity index (χ3v) is 13.4. The van der Waals surface area contributed by atoms with Crippen molar-refractivity contribution in [1.29, 1.82) is 0 Å². The van der Waals surface area contributed by atoms with Gasteiger partial charge in [0.15, 0.2) is 25.9 Å². The average molecular weight is 616 g/mol. The fourth-order valence-electron chi connectivity index (χ4n) is 5.81. The second-order valence-corrected chi connectivity index (χ2v) is 16.1. The lowest BCUT2D eigenvalue weighted by Crippen LogP contribution is -2.52. The number of benzene rings is 2. The molecule has 3 rings (SSSR count). The van der Waals surface area contributed by atoms with E-state index in [1.807, 2.05) is 44.2 Å². The summed E-state index contributed by atoms with van der Waals surface area (Å²) >= 11 is 0. The molecule has 43 heavy (non-hydrogen) atoms. The summed E-state index contributed by atoms with van der Waals surface area (Å²) in [5.41, 5.74) is 1.70. The van der Waals surface area contributed by atoms with Gasteiger partial charge in [0.2, 0.25) is 0 Å². The summed E-state index contributed by atoms with van der Waals surface area (Å²) in [6.07, 6.45) is -2.34. The van der Waals surface area contributed by atoms with Gasteiger partial charge in [0.1, 0.15) is 6.61 Å². The monoisotopic (exact) mass is 615 g/mol. The van der Waals surface area contributed by atoms with Gasteiger partial charge in [-0.25, -0.2) is 9.69 Å². The zero-order valence-corrected chi connectivity index (χ0v) is 27.7. The SMILES string of the molecule is CC[Si](CC)(CC)O[C@H](C)C[C@@H](C)[C@H](O)[C@@H](OCc1ccc(OC)c(OC)c1)C(=O)N1C(=O)OC[C@H]1Cc1ccccc1. The van der Waals surface area contributed by atoms with Gasteiger partial charge in [0.05, 0.1) is 33.0 Å². The highest BCUT2D eigenvalue weighted by Gasteiger charge is 2.45. The summed E-state index contributed by atoms with van der Waals surface area (Å²) in [6.45, 7) is 10.6. The van der Waals surface area contributed by atoms with Gasteiger partial charge in [-0.05, 0) is 67.1 Å². The molecule has 9 nitrogen and oxygen atoms in total. The van der Waals surface area contributed by atoms with Crippen molar-refractivity contribution in [1.82, 2.24) is 4.90 Å². The Bertz CT molecular complexity index is 1170. The Balaban J connectivity index is 1.84. The summed E-state index contributed by atoms with van der Waals surface area (Å²) in [6, 6.07) is 17.5. The van der Waals surface area contributed by atoms with Crippen LogP contribution in [0.25, 0.3) is 0 Å². The minimum atomic E-state index is -1.86. The first-order valence-electron chi connectivity index (χ1n) is 15.3. The molecule has 238 valence electrons. The number of cyclic esters (lactones) is 1. The molecule has 0 unspecified atom stereocenters. The molecule has 1 fully saturated rings. The fraction of sp³-hybridized carbons (Fsp3) is 0.576. The van der Waals surface area contributed by atoms with E-state index in [1.165, 1.54) is 0 Å². The van der Waals surface area contributed by atoms with Crippen molar-refractivity contribution >= 4 is 20.3 Å². The Labute approximate surface area is 257 Å². The number of carbonyl (C=O) groups is 2. The van der Waals surface area contributed by atoms with Crippen molar-refractivity contribution in [3.05, 3.63) is 59.7 Å². The van der Waals surface area contributed by atoms with E-state index in [-0.39, 0.29) is 25.2 Å². The van der Waals surface area contributed by atoms with Gasteiger partial charge in [0, 0.05) is 6.10 Å². The quantitative estimate of drug-likeness (QED) is 0.217. The Hall–Kier alpha value is -2.92. The molecule has 1 aliphatic heterocycles. The van der Waals surface area contributed by atoms with Crippen LogP contribution in [-0.2, 0) is 31.7 Å². The van der Waals surface area contributed by atoms with Crippen molar-refractivity contribution in [2.75, 3.05) is 20.8 Å². The highest BCUT2D eigenvalue weighted by Crippen LogP contribution is 2.30. The molecule has 2 aromatic carbocycles. The number of hydrogen-bond acceptors (Lipinski definition) is 8.